The number of oxazole rings is 1. The Bertz CT molecular complexity index is 223. The molecular weight excluding hydrogens is 200 g/mol. The molecule has 1 unspecified atom stereocenters. The number of rotatable bonds is 7. The molecule has 0 spiro atoms. The van der Waals surface area contributed by atoms with Crippen molar-refractivity contribution in [3.63, 3.8) is 0 Å². The average Bonchev–Trinajstić information content (AvgIpc) is 2.67. The number of hydrogen-bond donors (Lipinski definition) is 2. The molecule has 1 heterocycles. The number of aromatic nitrogens is 1. The zero-order chi connectivity index (χ0) is 10.2. The number of hydrogen-bond acceptors (Lipinski definition) is 5. The summed E-state index contributed by atoms with van der Waals surface area (Å²) in [5.41, 5.74) is 0. The number of thioether (sulfide) groups is 1. The van der Waals surface area contributed by atoms with Gasteiger partial charge in [0.15, 0.2) is 0 Å². The quantitative estimate of drug-likeness (QED) is 0.669. The second-order valence-corrected chi connectivity index (χ2v) is 3.85. The SMILES string of the molecule is CCNC(CCO)CSc1ncco1. The predicted molar refractivity (Wildman–Crippen MR) is 56.4 cm³/mol. The first kappa shape index (κ1) is 11.6. The molecule has 80 valence electrons. The van der Waals surface area contributed by atoms with E-state index in [4.69, 9.17) is 9.52 Å². The summed E-state index contributed by atoms with van der Waals surface area (Å²) in [7, 11) is 0. The highest BCUT2D eigenvalue weighted by atomic mass is 32.2. The van der Waals surface area contributed by atoms with E-state index < -0.39 is 0 Å². The van der Waals surface area contributed by atoms with Crippen LogP contribution < -0.4 is 5.32 Å². The summed E-state index contributed by atoms with van der Waals surface area (Å²) in [6.07, 6.45) is 3.97. The van der Waals surface area contributed by atoms with E-state index in [-0.39, 0.29) is 6.61 Å². The zero-order valence-corrected chi connectivity index (χ0v) is 9.09. The molecule has 0 bridgehead atoms. The third kappa shape index (κ3) is 4.13. The summed E-state index contributed by atoms with van der Waals surface area (Å²) < 4.78 is 5.10. The van der Waals surface area contributed by atoms with Crippen LogP contribution in [0.5, 0.6) is 0 Å². The van der Waals surface area contributed by atoms with Gasteiger partial charge in [0, 0.05) is 18.4 Å². The fraction of sp³-hybridized carbons (Fsp3) is 0.667. The van der Waals surface area contributed by atoms with Crippen LogP contribution in [0.3, 0.4) is 0 Å². The Balaban J connectivity index is 2.25. The number of aliphatic hydroxyl groups is 1. The van der Waals surface area contributed by atoms with Crippen LogP contribution in [0.4, 0.5) is 0 Å². The molecule has 1 aromatic heterocycles. The minimum absolute atomic E-state index is 0.212. The summed E-state index contributed by atoms with van der Waals surface area (Å²) in [6.45, 7) is 3.18. The summed E-state index contributed by atoms with van der Waals surface area (Å²) in [5.74, 6) is 0.870. The molecule has 0 fully saturated rings. The van der Waals surface area contributed by atoms with Gasteiger partial charge in [0.05, 0.1) is 6.20 Å². The molecule has 0 radical (unpaired) electrons. The van der Waals surface area contributed by atoms with Crippen LogP contribution in [-0.2, 0) is 0 Å². The van der Waals surface area contributed by atoms with Gasteiger partial charge in [-0.3, -0.25) is 0 Å². The first-order valence-electron chi connectivity index (χ1n) is 4.73. The largest absolute Gasteiger partial charge is 0.440 e. The van der Waals surface area contributed by atoms with Gasteiger partial charge in [0.25, 0.3) is 5.22 Å². The Kier molecular flexibility index (Phi) is 5.66. The Labute approximate surface area is 88.1 Å². The average molecular weight is 216 g/mol. The molecule has 0 aliphatic carbocycles. The normalized spacial score (nSPS) is 13.0. The Morgan fingerprint density at radius 2 is 2.57 bits per heavy atom. The molecule has 1 atom stereocenters. The van der Waals surface area contributed by atoms with Gasteiger partial charge in [0.1, 0.15) is 6.26 Å². The highest BCUT2D eigenvalue weighted by Crippen LogP contribution is 2.16. The van der Waals surface area contributed by atoms with Crippen molar-refractivity contribution in [3.05, 3.63) is 12.5 Å². The number of nitrogens with one attached hydrogen (secondary N) is 1. The van der Waals surface area contributed by atoms with Gasteiger partial charge in [-0.2, -0.15) is 0 Å². The van der Waals surface area contributed by atoms with Gasteiger partial charge in [-0.05, 0) is 13.0 Å². The molecule has 0 aliphatic rings. The molecule has 4 nitrogen and oxygen atoms in total. The second kappa shape index (κ2) is 6.86. The summed E-state index contributed by atoms with van der Waals surface area (Å²) in [6, 6.07) is 0.321. The lowest BCUT2D eigenvalue weighted by Gasteiger charge is -2.14. The maximum atomic E-state index is 8.83. The van der Waals surface area contributed by atoms with Crippen molar-refractivity contribution in [1.82, 2.24) is 10.3 Å². The molecule has 1 aromatic rings. The molecule has 2 N–H and O–H groups in total. The second-order valence-electron chi connectivity index (χ2n) is 2.88. The van der Waals surface area contributed by atoms with Gasteiger partial charge in [-0.25, -0.2) is 4.98 Å². The Morgan fingerprint density at radius 3 is 3.14 bits per heavy atom. The lowest BCUT2D eigenvalue weighted by molar-refractivity contribution is 0.271. The standard InChI is InChI=1S/C9H16N2O2S/c1-2-10-8(3-5-12)7-14-9-11-4-6-13-9/h4,6,8,10,12H,2-3,5,7H2,1H3. The topological polar surface area (TPSA) is 58.3 Å². The predicted octanol–water partition coefficient (Wildman–Crippen LogP) is 1.13. The lowest BCUT2D eigenvalue weighted by Crippen LogP contribution is -2.32. The molecule has 0 amide bonds. The van der Waals surface area contributed by atoms with E-state index in [1.165, 1.54) is 0 Å². The van der Waals surface area contributed by atoms with Crippen LogP contribution in [0, 0.1) is 0 Å². The number of nitrogens with zero attached hydrogens (tertiary/aromatic N) is 1. The van der Waals surface area contributed by atoms with Crippen molar-refractivity contribution in [2.45, 2.75) is 24.6 Å². The maximum Gasteiger partial charge on any atom is 0.255 e. The first-order chi connectivity index (χ1) is 6.86. The summed E-state index contributed by atoms with van der Waals surface area (Å²) in [5, 5.41) is 12.8. The van der Waals surface area contributed by atoms with Crippen molar-refractivity contribution in [2.75, 3.05) is 18.9 Å². The first-order valence-corrected chi connectivity index (χ1v) is 5.72. The van der Waals surface area contributed by atoms with E-state index in [0.29, 0.717) is 11.3 Å². The van der Waals surface area contributed by atoms with Gasteiger partial charge < -0.3 is 14.8 Å². The highest BCUT2D eigenvalue weighted by Gasteiger charge is 2.08. The van der Waals surface area contributed by atoms with Gasteiger partial charge in [0.2, 0.25) is 0 Å². The smallest absolute Gasteiger partial charge is 0.255 e. The molecule has 5 heteroatoms. The molecule has 1 rings (SSSR count). The molecule has 14 heavy (non-hydrogen) atoms. The van der Waals surface area contributed by atoms with Gasteiger partial charge >= 0.3 is 0 Å². The van der Waals surface area contributed by atoms with E-state index in [2.05, 4.69) is 17.2 Å². The van der Waals surface area contributed by atoms with Crippen molar-refractivity contribution >= 4 is 11.8 Å². The monoisotopic (exact) mass is 216 g/mol. The van der Waals surface area contributed by atoms with E-state index in [9.17, 15) is 0 Å². The molecule has 0 aliphatic heterocycles. The lowest BCUT2D eigenvalue weighted by atomic mass is 10.2. The Morgan fingerprint density at radius 1 is 1.71 bits per heavy atom. The molecule has 0 saturated heterocycles. The van der Waals surface area contributed by atoms with Gasteiger partial charge in [-0.15, -0.1) is 0 Å². The third-order valence-corrected chi connectivity index (χ3v) is 2.81. The van der Waals surface area contributed by atoms with Crippen molar-refractivity contribution < 1.29 is 9.52 Å². The van der Waals surface area contributed by atoms with Crippen molar-refractivity contribution in [1.29, 1.82) is 0 Å². The Hall–Kier alpha value is -0.520. The molecule has 0 aromatic carbocycles. The van der Waals surface area contributed by atoms with E-state index in [0.717, 1.165) is 18.7 Å². The van der Waals surface area contributed by atoms with E-state index >= 15 is 0 Å². The minimum atomic E-state index is 0.212. The minimum Gasteiger partial charge on any atom is -0.440 e. The van der Waals surface area contributed by atoms with E-state index in [1.54, 1.807) is 24.2 Å². The highest BCUT2D eigenvalue weighted by molar-refractivity contribution is 7.99. The maximum absolute atomic E-state index is 8.83. The zero-order valence-electron chi connectivity index (χ0n) is 8.27. The van der Waals surface area contributed by atoms with Crippen molar-refractivity contribution in [2.24, 2.45) is 0 Å². The molecule has 0 saturated carbocycles. The van der Waals surface area contributed by atoms with Crippen LogP contribution >= 0.6 is 11.8 Å². The summed E-state index contributed by atoms with van der Waals surface area (Å²) >= 11 is 1.56. The summed E-state index contributed by atoms with van der Waals surface area (Å²) in [4.78, 5) is 4.01. The van der Waals surface area contributed by atoms with E-state index in [1.807, 2.05) is 0 Å². The van der Waals surface area contributed by atoms with Crippen LogP contribution in [0.25, 0.3) is 0 Å². The molecular formula is C9H16N2O2S. The van der Waals surface area contributed by atoms with Crippen LogP contribution in [0.15, 0.2) is 22.1 Å². The van der Waals surface area contributed by atoms with Crippen LogP contribution in [-0.4, -0.2) is 35.0 Å². The number of aliphatic hydroxyl groups excluding tert-OH is 1. The van der Waals surface area contributed by atoms with Crippen LogP contribution in [0.2, 0.25) is 0 Å². The fourth-order valence-electron chi connectivity index (χ4n) is 1.14. The fourth-order valence-corrected chi connectivity index (χ4v) is 2.03. The third-order valence-electron chi connectivity index (χ3n) is 1.79. The van der Waals surface area contributed by atoms with Gasteiger partial charge in [-0.1, -0.05) is 18.7 Å². The van der Waals surface area contributed by atoms with Crippen molar-refractivity contribution in [3.8, 4) is 0 Å². The van der Waals surface area contributed by atoms with Crippen LogP contribution in [0.1, 0.15) is 13.3 Å².